The molecule has 7 nitrogen and oxygen atoms in total. The highest BCUT2D eigenvalue weighted by Crippen LogP contribution is 2.37. The zero-order chi connectivity index (χ0) is 20.3. The fraction of sp³-hybridized carbons (Fsp3) is 0.222. The molecule has 144 valence electrons. The third kappa shape index (κ3) is 4.43. The Morgan fingerprint density at radius 1 is 1.25 bits per heavy atom. The molecule has 0 atom stereocenters. The number of aryl methyl sites for hydroxylation is 1. The molecule has 1 aliphatic carbocycles. The molecule has 0 bridgehead atoms. The van der Waals surface area contributed by atoms with E-state index in [2.05, 4.69) is 53.8 Å². The van der Waals surface area contributed by atoms with Gasteiger partial charge in [0.15, 0.2) is 0 Å². The highest BCUT2D eigenvalue weighted by molar-refractivity contribution is 9.11. The van der Waals surface area contributed by atoms with Crippen LogP contribution in [0.1, 0.15) is 34.4 Å². The number of hydrogen-bond acceptors (Lipinski definition) is 6. The second-order valence-corrected chi connectivity index (χ2v) is 8.88. The van der Waals surface area contributed by atoms with Gasteiger partial charge in [0.2, 0.25) is 0 Å². The van der Waals surface area contributed by atoms with Gasteiger partial charge in [0.05, 0.1) is 16.3 Å². The normalized spacial score (nSPS) is 13.0. The van der Waals surface area contributed by atoms with Crippen molar-refractivity contribution in [2.45, 2.75) is 25.7 Å². The summed E-state index contributed by atoms with van der Waals surface area (Å²) in [5.41, 5.74) is 3.88. The lowest BCUT2D eigenvalue weighted by atomic mass is 9.96. The molecular weight excluding hydrogens is 512 g/mol. The number of benzene rings is 1. The number of carbonyl (C=O) groups is 2. The summed E-state index contributed by atoms with van der Waals surface area (Å²) in [6.45, 7) is 0. The van der Waals surface area contributed by atoms with E-state index in [1.165, 1.54) is 17.6 Å². The minimum absolute atomic E-state index is 0.0477. The molecule has 1 aromatic carbocycles. The van der Waals surface area contributed by atoms with E-state index < -0.39 is 11.8 Å². The molecule has 1 aromatic heterocycles. The average Bonchev–Trinajstić information content (AvgIpc) is 3.02. The second-order valence-electron chi connectivity index (χ2n) is 6.01. The van der Waals surface area contributed by atoms with Crippen LogP contribution in [0.3, 0.4) is 0 Å². The van der Waals surface area contributed by atoms with Crippen LogP contribution in [0, 0.1) is 11.3 Å². The minimum atomic E-state index is -0.972. The SMILES string of the molecule is N#Cc1c(NC(=O)C(=O)NN=Cc2cc(Br)cc(Br)c2O)sc2c1CCCC2. The van der Waals surface area contributed by atoms with Crippen LogP contribution in [0.25, 0.3) is 0 Å². The highest BCUT2D eigenvalue weighted by Gasteiger charge is 2.23. The zero-order valence-corrected chi connectivity index (χ0v) is 18.4. The van der Waals surface area contributed by atoms with E-state index in [0.717, 1.165) is 36.1 Å². The van der Waals surface area contributed by atoms with Crippen molar-refractivity contribution in [3.63, 3.8) is 0 Å². The van der Waals surface area contributed by atoms with E-state index in [9.17, 15) is 20.0 Å². The zero-order valence-electron chi connectivity index (χ0n) is 14.4. The fourth-order valence-electron chi connectivity index (χ4n) is 2.83. The Labute approximate surface area is 181 Å². The van der Waals surface area contributed by atoms with Crippen molar-refractivity contribution in [1.82, 2.24) is 5.43 Å². The van der Waals surface area contributed by atoms with Gasteiger partial charge < -0.3 is 10.4 Å². The van der Waals surface area contributed by atoms with Crippen LogP contribution >= 0.6 is 43.2 Å². The molecule has 0 unspecified atom stereocenters. The molecule has 1 aliphatic rings. The maximum absolute atomic E-state index is 12.1. The Balaban J connectivity index is 1.67. The number of nitrogens with zero attached hydrogens (tertiary/aromatic N) is 2. The number of halogens is 2. The standard InChI is InChI=1S/C18H14Br2N4O3S/c19-10-5-9(15(25)13(20)6-10)8-22-24-17(27)16(26)23-18-12(7-21)11-3-1-2-4-14(11)28-18/h5-6,8,25H,1-4H2,(H,23,26)(H,24,27). The summed E-state index contributed by atoms with van der Waals surface area (Å²) < 4.78 is 1.16. The van der Waals surface area contributed by atoms with E-state index in [1.54, 1.807) is 12.1 Å². The van der Waals surface area contributed by atoms with Crippen LogP contribution in [-0.2, 0) is 22.4 Å². The Morgan fingerprint density at radius 2 is 2.00 bits per heavy atom. The molecule has 0 saturated heterocycles. The van der Waals surface area contributed by atoms with Crippen LogP contribution in [0.5, 0.6) is 5.75 Å². The Morgan fingerprint density at radius 3 is 2.75 bits per heavy atom. The monoisotopic (exact) mass is 524 g/mol. The van der Waals surface area contributed by atoms with Crippen molar-refractivity contribution in [2.24, 2.45) is 5.10 Å². The molecule has 3 rings (SSSR count). The van der Waals surface area contributed by atoms with Crippen LogP contribution in [0.4, 0.5) is 5.00 Å². The fourth-order valence-corrected chi connectivity index (χ4v) is 5.32. The Bertz CT molecular complexity index is 1030. The van der Waals surface area contributed by atoms with Gasteiger partial charge in [0.25, 0.3) is 0 Å². The number of nitrogens with one attached hydrogen (secondary N) is 2. The Hall–Kier alpha value is -2.22. The predicted molar refractivity (Wildman–Crippen MR) is 114 cm³/mol. The third-order valence-electron chi connectivity index (χ3n) is 4.14. The van der Waals surface area contributed by atoms with Crippen LogP contribution in [-0.4, -0.2) is 23.1 Å². The number of aromatic hydroxyl groups is 1. The van der Waals surface area contributed by atoms with Gasteiger partial charge in [0, 0.05) is 14.9 Å². The van der Waals surface area contributed by atoms with E-state index >= 15 is 0 Å². The molecule has 28 heavy (non-hydrogen) atoms. The van der Waals surface area contributed by atoms with Gasteiger partial charge in [-0.1, -0.05) is 15.9 Å². The predicted octanol–water partition coefficient (Wildman–Crippen LogP) is 3.82. The highest BCUT2D eigenvalue weighted by atomic mass is 79.9. The van der Waals surface area contributed by atoms with Crippen LogP contribution < -0.4 is 10.7 Å². The second kappa shape index (κ2) is 8.86. The van der Waals surface area contributed by atoms with E-state index in [0.29, 0.717) is 25.1 Å². The summed E-state index contributed by atoms with van der Waals surface area (Å²) in [4.78, 5) is 25.2. The number of nitriles is 1. The summed E-state index contributed by atoms with van der Waals surface area (Å²) >= 11 is 7.83. The lowest BCUT2D eigenvalue weighted by molar-refractivity contribution is -0.136. The summed E-state index contributed by atoms with van der Waals surface area (Å²) in [6, 6.07) is 5.39. The molecule has 0 fully saturated rings. The minimum Gasteiger partial charge on any atom is -0.506 e. The van der Waals surface area contributed by atoms with Gasteiger partial charge in [-0.3, -0.25) is 9.59 Å². The first-order valence-corrected chi connectivity index (χ1v) is 10.7. The smallest absolute Gasteiger partial charge is 0.329 e. The molecule has 0 aliphatic heterocycles. The topological polar surface area (TPSA) is 115 Å². The van der Waals surface area contributed by atoms with Crippen molar-refractivity contribution in [1.29, 1.82) is 5.26 Å². The van der Waals surface area contributed by atoms with Gasteiger partial charge in [-0.05, 0) is 59.3 Å². The number of rotatable bonds is 3. The first-order valence-electron chi connectivity index (χ1n) is 8.27. The quantitative estimate of drug-likeness (QED) is 0.321. The maximum Gasteiger partial charge on any atom is 0.329 e. The molecule has 0 saturated carbocycles. The number of anilines is 1. The summed E-state index contributed by atoms with van der Waals surface area (Å²) in [5.74, 6) is -1.93. The molecular formula is C18H14Br2N4O3S. The molecule has 2 aromatic rings. The summed E-state index contributed by atoms with van der Waals surface area (Å²) in [5, 5.41) is 26.0. The lowest BCUT2D eigenvalue weighted by Gasteiger charge is -2.09. The maximum atomic E-state index is 12.1. The number of fused-ring (bicyclic) bond motifs is 1. The number of phenols is 1. The van der Waals surface area contributed by atoms with Crippen molar-refractivity contribution in [3.05, 3.63) is 42.6 Å². The van der Waals surface area contributed by atoms with Gasteiger partial charge in [-0.2, -0.15) is 10.4 Å². The molecule has 0 spiro atoms. The van der Waals surface area contributed by atoms with E-state index in [-0.39, 0.29) is 5.75 Å². The molecule has 3 N–H and O–H groups in total. The summed E-state index contributed by atoms with van der Waals surface area (Å²) in [7, 11) is 0. The number of carbonyl (C=O) groups excluding carboxylic acids is 2. The first-order chi connectivity index (χ1) is 13.4. The number of phenolic OH excluding ortho intramolecular Hbond substituents is 1. The number of amides is 2. The third-order valence-corrected chi connectivity index (χ3v) is 6.41. The lowest BCUT2D eigenvalue weighted by Crippen LogP contribution is -2.32. The van der Waals surface area contributed by atoms with Crippen molar-refractivity contribution in [2.75, 3.05) is 5.32 Å². The molecule has 1 heterocycles. The number of hydrogen-bond donors (Lipinski definition) is 3. The molecule has 10 heteroatoms. The van der Waals surface area contributed by atoms with E-state index in [4.69, 9.17) is 0 Å². The van der Waals surface area contributed by atoms with E-state index in [1.807, 2.05) is 0 Å². The van der Waals surface area contributed by atoms with Gasteiger partial charge in [0.1, 0.15) is 16.8 Å². The average molecular weight is 526 g/mol. The molecule has 2 amide bonds. The van der Waals surface area contributed by atoms with Crippen LogP contribution in [0.15, 0.2) is 26.2 Å². The largest absolute Gasteiger partial charge is 0.506 e. The van der Waals surface area contributed by atoms with Gasteiger partial charge in [-0.25, -0.2) is 5.43 Å². The van der Waals surface area contributed by atoms with Gasteiger partial charge in [-0.15, -0.1) is 11.3 Å². The van der Waals surface area contributed by atoms with Crippen molar-refractivity contribution >= 4 is 66.2 Å². The number of thiophene rings is 1. The van der Waals surface area contributed by atoms with Crippen LogP contribution in [0.2, 0.25) is 0 Å². The number of hydrazone groups is 1. The molecule has 0 radical (unpaired) electrons. The first kappa shape index (κ1) is 20.5. The van der Waals surface area contributed by atoms with Crippen molar-refractivity contribution in [3.8, 4) is 11.8 Å². The Kier molecular flexibility index (Phi) is 6.49. The van der Waals surface area contributed by atoms with Gasteiger partial charge >= 0.3 is 11.8 Å². The summed E-state index contributed by atoms with van der Waals surface area (Å²) in [6.07, 6.45) is 4.99. The van der Waals surface area contributed by atoms with Crippen molar-refractivity contribution < 1.29 is 14.7 Å².